The lowest BCUT2D eigenvalue weighted by Gasteiger charge is -2.44. The van der Waals surface area contributed by atoms with Crippen molar-refractivity contribution in [3.63, 3.8) is 0 Å². The topological polar surface area (TPSA) is 3.24 Å². The van der Waals surface area contributed by atoms with E-state index in [4.69, 9.17) is 0 Å². The van der Waals surface area contributed by atoms with Gasteiger partial charge < -0.3 is 0 Å². The van der Waals surface area contributed by atoms with Crippen LogP contribution in [0.4, 0.5) is 0 Å². The molecule has 0 aliphatic carbocycles. The van der Waals surface area contributed by atoms with Gasteiger partial charge in [0.2, 0.25) is 0 Å². The van der Waals surface area contributed by atoms with Gasteiger partial charge in [0.15, 0.2) is 0 Å². The van der Waals surface area contributed by atoms with Gasteiger partial charge in [-0.25, -0.2) is 0 Å². The van der Waals surface area contributed by atoms with E-state index in [1.54, 1.807) is 0 Å². The van der Waals surface area contributed by atoms with E-state index in [9.17, 15) is 0 Å². The Kier molecular flexibility index (Phi) is 2.83. The molecule has 0 amide bonds. The minimum absolute atomic E-state index is 0.222. The molecule has 0 radical (unpaired) electrons. The van der Waals surface area contributed by atoms with Crippen LogP contribution < -0.4 is 0 Å². The Morgan fingerprint density at radius 3 is 2.31 bits per heavy atom. The number of benzene rings is 1. The zero-order valence-corrected chi connectivity index (χ0v) is 11.0. The van der Waals surface area contributed by atoms with Gasteiger partial charge in [-0.05, 0) is 52.6 Å². The molecular formula is C15H23N. The fourth-order valence-corrected chi connectivity index (χ4v) is 3.14. The highest BCUT2D eigenvalue weighted by Crippen LogP contribution is 2.42. The first-order valence-corrected chi connectivity index (χ1v) is 6.28. The molecule has 1 nitrogen and oxygen atoms in total. The predicted molar refractivity (Wildman–Crippen MR) is 69.5 cm³/mol. The first-order chi connectivity index (χ1) is 7.44. The van der Waals surface area contributed by atoms with Crippen molar-refractivity contribution < 1.29 is 0 Å². The maximum absolute atomic E-state index is 2.65. The summed E-state index contributed by atoms with van der Waals surface area (Å²) < 4.78 is 0. The number of rotatable bonds is 1. The maximum atomic E-state index is 2.65. The third-order valence-electron chi connectivity index (χ3n) is 3.85. The molecule has 1 aromatic carbocycles. The zero-order chi connectivity index (χ0) is 11.8. The number of likely N-dealkylation sites (tertiary alicyclic amines) is 1. The largest absolute Gasteiger partial charge is 0.289 e. The molecule has 1 aromatic rings. The molecule has 0 N–H and O–H groups in total. The molecule has 2 rings (SSSR count). The van der Waals surface area contributed by atoms with Crippen molar-refractivity contribution in [3.8, 4) is 0 Å². The second kappa shape index (κ2) is 3.89. The van der Waals surface area contributed by atoms with Crippen molar-refractivity contribution in [2.24, 2.45) is 0 Å². The van der Waals surface area contributed by atoms with Gasteiger partial charge in [-0.1, -0.05) is 30.3 Å². The summed E-state index contributed by atoms with van der Waals surface area (Å²) in [5.74, 6) is 0. The average Bonchev–Trinajstić information content (AvgIpc) is 2.63. The molecule has 0 aromatic heterocycles. The summed E-state index contributed by atoms with van der Waals surface area (Å²) in [4.78, 5) is 2.65. The van der Waals surface area contributed by atoms with Crippen molar-refractivity contribution in [1.82, 2.24) is 4.90 Å². The minimum atomic E-state index is 0.222. The van der Waals surface area contributed by atoms with E-state index in [0.717, 1.165) is 0 Å². The zero-order valence-electron chi connectivity index (χ0n) is 11.0. The molecule has 1 atom stereocenters. The Bertz CT molecular complexity index is 349. The Hall–Kier alpha value is -0.820. The van der Waals surface area contributed by atoms with Crippen LogP contribution in [-0.4, -0.2) is 17.0 Å². The molecule has 1 heteroatoms. The Morgan fingerprint density at radius 1 is 1.12 bits per heavy atom. The summed E-state index contributed by atoms with van der Waals surface area (Å²) in [5.41, 5.74) is 1.93. The van der Waals surface area contributed by atoms with Crippen LogP contribution in [0.5, 0.6) is 0 Å². The van der Waals surface area contributed by atoms with Crippen LogP contribution in [0.15, 0.2) is 30.3 Å². The normalized spacial score (nSPS) is 27.2. The van der Waals surface area contributed by atoms with E-state index in [2.05, 4.69) is 62.9 Å². The van der Waals surface area contributed by atoms with Crippen molar-refractivity contribution in [2.45, 2.75) is 51.6 Å². The van der Waals surface area contributed by atoms with Gasteiger partial charge in [0.25, 0.3) is 0 Å². The summed E-state index contributed by atoms with van der Waals surface area (Å²) in [5, 5.41) is 0. The number of hydrogen-bond acceptors (Lipinski definition) is 1. The fraction of sp³-hybridized carbons (Fsp3) is 0.600. The van der Waals surface area contributed by atoms with Crippen LogP contribution in [0.25, 0.3) is 0 Å². The van der Waals surface area contributed by atoms with E-state index < -0.39 is 0 Å². The molecule has 88 valence electrons. The second-order valence-electron chi connectivity index (χ2n) is 6.07. The van der Waals surface area contributed by atoms with E-state index >= 15 is 0 Å². The van der Waals surface area contributed by atoms with Crippen molar-refractivity contribution in [1.29, 1.82) is 0 Å². The third kappa shape index (κ3) is 1.89. The average molecular weight is 217 g/mol. The van der Waals surface area contributed by atoms with Crippen LogP contribution in [0, 0.1) is 0 Å². The monoisotopic (exact) mass is 217 g/mol. The molecule has 1 heterocycles. The van der Waals surface area contributed by atoms with Gasteiger partial charge in [0.05, 0.1) is 0 Å². The van der Waals surface area contributed by atoms with Gasteiger partial charge in [0, 0.05) is 11.1 Å². The van der Waals surface area contributed by atoms with Crippen LogP contribution in [0.3, 0.4) is 0 Å². The van der Waals surface area contributed by atoms with Crippen molar-refractivity contribution in [2.75, 3.05) is 6.54 Å². The summed E-state index contributed by atoms with van der Waals surface area (Å²) >= 11 is 0. The second-order valence-corrected chi connectivity index (χ2v) is 6.07. The Labute approximate surface area is 99.5 Å². The fourth-order valence-electron chi connectivity index (χ4n) is 3.14. The molecule has 1 saturated heterocycles. The molecule has 1 aliphatic heterocycles. The van der Waals surface area contributed by atoms with E-state index in [1.165, 1.54) is 24.9 Å². The molecule has 0 saturated carbocycles. The van der Waals surface area contributed by atoms with Gasteiger partial charge in [-0.3, -0.25) is 4.90 Å². The number of hydrogen-bond donors (Lipinski definition) is 0. The van der Waals surface area contributed by atoms with E-state index in [-0.39, 0.29) is 11.1 Å². The SMILES string of the molecule is CC(C)(C)N1CCCC1(C)c1ccccc1. The molecule has 16 heavy (non-hydrogen) atoms. The van der Waals surface area contributed by atoms with E-state index in [0.29, 0.717) is 0 Å². The molecule has 1 fully saturated rings. The lowest BCUT2D eigenvalue weighted by molar-refractivity contribution is 0.0535. The van der Waals surface area contributed by atoms with Crippen LogP contribution >= 0.6 is 0 Å². The van der Waals surface area contributed by atoms with Crippen LogP contribution in [-0.2, 0) is 5.54 Å². The molecule has 1 unspecified atom stereocenters. The highest BCUT2D eigenvalue weighted by atomic mass is 15.3. The highest BCUT2D eigenvalue weighted by Gasteiger charge is 2.42. The predicted octanol–water partition coefficient (Wildman–Crippen LogP) is 3.80. The summed E-state index contributed by atoms with van der Waals surface area (Å²) in [6.45, 7) is 10.6. The molecule has 0 bridgehead atoms. The highest BCUT2D eigenvalue weighted by molar-refractivity contribution is 5.25. The summed E-state index contributed by atoms with van der Waals surface area (Å²) in [6, 6.07) is 10.9. The maximum Gasteiger partial charge on any atom is 0.0438 e. The van der Waals surface area contributed by atoms with E-state index in [1.807, 2.05) is 0 Å². The molecule has 0 spiro atoms. The quantitative estimate of drug-likeness (QED) is 0.691. The number of nitrogens with zero attached hydrogens (tertiary/aromatic N) is 1. The molecular weight excluding hydrogens is 194 g/mol. The van der Waals surface area contributed by atoms with Crippen LogP contribution in [0.2, 0.25) is 0 Å². The van der Waals surface area contributed by atoms with Crippen LogP contribution in [0.1, 0.15) is 46.1 Å². The van der Waals surface area contributed by atoms with Gasteiger partial charge in [0.1, 0.15) is 0 Å². The summed E-state index contributed by atoms with van der Waals surface area (Å²) in [7, 11) is 0. The summed E-state index contributed by atoms with van der Waals surface area (Å²) in [6.07, 6.45) is 2.58. The van der Waals surface area contributed by atoms with Gasteiger partial charge in [-0.15, -0.1) is 0 Å². The lowest BCUT2D eigenvalue weighted by Crippen LogP contribution is -2.49. The smallest absolute Gasteiger partial charge is 0.0438 e. The molecule has 1 aliphatic rings. The van der Waals surface area contributed by atoms with Gasteiger partial charge >= 0.3 is 0 Å². The Balaban J connectivity index is 2.37. The van der Waals surface area contributed by atoms with Crippen molar-refractivity contribution in [3.05, 3.63) is 35.9 Å². The van der Waals surface area contributed by atoms with Crippen molar-refractivity contribution >= 4 is 0 Å². The Morgan fingerprint density at radius 2 is 1.75 bits per heavy atom. The first kappa shape index (κ1) is 11.7. The lowest BCUT2D eigenvalue weighted by atomic mass is 9.86. The standard InChI is InChI=1S/C15H23N/c1-14(2,3)16-12-8-11-15(16,4)13-9-6-5-7-10-13/h5-7,9-10H,8,11-12H2,1-4H3. The van der Waals surface area contributed by atoms with Gasteiger partial charge in [-0.2, -0.15) is 0 Å². The minimum Gasteiger partial charge on any atom is -0.289 e. The third-order valence-corrected chi connectivity index (χ3v) is 3.85. The first-order valence-electron chi connectivity index (χ1n) is 6.28.